The Hall–Kier alpha value is -0.780. The van der Waals surface area contributed by atoms with Gasteiger partial charge >= 0.3 is 0 Å². The molecule has 2 saturated heterocycles. The second kappa shape index (κ2) is 6.15. The molecule has 1 aromatic rings. The van der Waals surface area contributed by atoms with Gasteiger partial charge in [0.1, 0.15) is 17.7 Å². The summed E-state index contributed by atoms with van der Waals surface area (Å²) in [4.78, 5) is 0. The maximum absolute atomic E-state index is 13.9. The van der Waals surface area contributed by atoms with Gasteiger partial charge in [-0.05, 0) is 31.2 Å². The third kappa shape index (κ3) is 3.35. The van der Waals surface area contributed by atoms with Gasteiger partial charge in [-0.1, -0.05) is 0 Å². The molecule has 21 heavy (non-hydrogen) atoms. The van der Waals surface area contributed by atoms with Gasteiger partial charge in [0.05, 0.1) is 18.3 Å². The summed E-state index contributed by atoms with van der Waals surface area (Å²) in [5.41, 5.74) is 0.268. The topological polar surface area (TPSA) is 38.7 Å². The van der Waals surface area contributed by atoms with Crippen LogP contribution in [-0.2, 0) is 4.74 Å². The first-order valence-corrected chi connectivity index (χ1v) is 8.59. The fraction of sp³-hybridized carbons (Fsp3) is 0.625. The van der Waals surface area contributed by atoms with E-state index in [4.69, 9.17) is 9.47 Å². The van der Waals surface area contributed by atoms with Crippen LogP contribution in [0.2, 0.25) is 0 Å². The van der Waals surface area contributed by atoms with Gasteiger partial charge in [-0.25, -0.2) is 4.39 Å². The highest BCUT2D eigenvalue weighted by atomic mass is 32.2. The molecule has 1 aromatic carbocycles. The minimum atomic E-state index is -0.805. The lowest BCUT2D eigenvalue weighted by Crippen LogP contribution is -2.43. The monoisotopic (exact) mass is 312 g/mol. The second-order valence-electron chi connectivity index (χ2n) is 5.93. The van der Waals surface area contributed by atoms with E-state index in [1.54, 1.807) is 19.1 Å². The summed E-state index contributed by atoms with van der Waals surface area (Å²) in [6, 6.07) is 4.69. The van der Waals surface area contributed by atoms with Gasteiger partial charge in [-0.2, -0.15) is 11.8 Å². The zero-order chi connectivity index (χ0) is 14.9. The van der Waals surface area contributed by atoms with Gasteiger partial charge in [0.2, 0.25) is 0 Å². The van der Waals surface area contributed by atoms with Crippen molar-refractivity contribution in [3.63, 3.8) is 0 Å². The van der Waals surface area contributed by atoms with Crippen LogP contribution in [0.5, 0.6) is 5.75 Å². The average Bonchev–Trinajstić information content (AvgIpc) is 2.86. The summed E-state index contributed by atoms with van der Waals surface area (Å²) in [7, 11) is 0. The molecule has 2 aliphatic rings. The zero-order valence-electron chi connectivity index (χ0n) is 12.2. The van der Waals surface area contributed by atoms with Crippen LogP contribution in [0.25, 0.3) is 0 Å². The quantitative estimate of drug-likeness (QED) is 0.929. The van der Waals surface area contributed by atoms with E-state index in [9.17, 15) is 9.50 Å². The number of benzene rings is 1. The SMILES string of the molecule is CC(O)c1ccc(OC2CCOC3(CCSC3)C2)cc1F. The molecule has 2 fully saturated rings. The van der Waals surface area contributed by atoms with Gasteiger partial charge in [-0.15, -0.1) is 0 Å². The number of rotatable bonds is 3. The minimum absolute atomic E-state index is 0.0360. The van der Waals surface area contributed by atoms with E-state index in [2.05, 4.69) is 0 Å². The van der Waals surface area contributed by atoms with Gasteiger partial charge in [0, 0.05) is 30.2 Å². The van der Waals surface area contributed by atoms with Crippen molar-refractivity contribution in [1.29, 1.82) is 0 Å². The standard InChI is InChI=1S/C16H21FO3S/c1-11(18)14-3-2-12(8-15(14)17)20-13-4-6-19-16(9-13)5-7-21-10-16/h2-3,8,11,13,18H,4-7,9-10H2,1H3. The first kappa shape index (κ1) is 15.1. The molecule has 2 heterocycles. The molecule has 0 radical (unpaired) electrons. The van der Waals surface area contributed by atoms with Crippen LogP contribution in [0.3, 0.4) is 0 Å². The van der Waals surface area contributed by atoms with E-state index in [-0.39, 0.29) is 11.7 Å². The Bertz CT molecular complexity index is 500. The highest BCUT2D eigenvalue weighted by Gasteiger charge is 2.41. The lowest BCUT2D eigenvalue weighted by molar-refractivity contribution is -0.0959. The van der Waals surface area contributed by atoms with Crippen molar-refractivity contribution >= 4 is 11.8 Å². The molecule has 5 heteroatoms. The first-order chi connectivity index (χ1) is 10.1. The number of halogens is 1. The van der Waals surface area contributed by atoms with Crippen LogP contribution in [0, 0.1) is 5.82 Å². The lowest BCUT2D eigenvalue weighted by atomic mass is 9.91. The molecule has 0 aliphatic carbocycles. The predicted octanol–water partition coefficient (Wildman–Crippen LogP) is 3.31. The number of aliphatic hydroxyl groups is 1. The molecule has 0 bridgehead atoms. The van der Waals surface area contributed by atoms with Crippen molar-refractivity contribution in [3.8, 4) is 5.75 Å². The maximum atomic E-state index is 13.9. The molecule has 3 atom stereocenters. The number of hydrogen-bond donors (Lipinski definition) is 1. The molecule has 3 rings (SSSR count). The third-order valence-electron chi connectivity index (χ3n) is 4.24. The number of ether oxygens (including phenoxy) is 2. The van der Waals surface area contributed by atoms with E-state index in [0.717, 1.165) is 30.8 Å². The van der Waals surface area contributed by atoms with E-state index < -0.39 is 11.9 Å². The maximum Gasteiger partial charge on any atom is 0.132 e. The Morgan fingerprint density at radius 1 is 1.52 bits per heavy atom. The average molecular weight is 312 g/mol. The molecule has 1 spiro atoms. The van der Waals surface area contributed by atoms with Gasteiger partial charge in [-0.3, -0.25) is 0 Å². The number of hydrogen-bond acceptors (Lipinski definition) is 4. The highest BCUT2D eigenvalue weighted by molar-refractivity contribution is 7.99. The van der Waals surface area contributed by atoms with Crippen LogP contribution in [-0.4, -0.2) is 34.9 Å². The van der Waals surface area contributed by atoms with E-state index >= 15 is 0 Å². The van der Waals surface area contributed by atoms with Crippen LogP contribution in [0.1, 0.15) is 37.9 Å². The summed E-state index contributed by atoms with van der Waals surface area (Å²) in [5, 5.41) is 9.46. The van der Waals surface area contributed by atoms with E-state index in [1.165, 1.54) is 6.07 Å². The van der Waals surface area contributed by atoms with Gasteiger partial charge in [0.25, 0.3) is 0 Å². The van der Waals surface area contributed by atoms with Crippen LogP contribution in [0.4, 0.5) is 4.39 Å². The zero-order valence-corrected chi connectivity index (χ0v) is 13.0. The Morgan fingerprint density at radius 3 is 3.05 bits per heavy atom. The summed E-state index contributed by atoms with van der Waals surface area (Å²) in [6.45, 7) is 2.26. The molecule has 0 saturated carbocycles. The van der Waals surface area contributed by atoms with E-state index in [1.807, 2.05) is 11.8 Å². The summed E-state index contributed by atoms with van der Waals surface area (Å²) in [5.74, 6) is 2.29. The first-order valence-electron chi connectivity index (χ1n) is 7.44. The molecular formula is C16H21FO3S. The number of aliphatic hydroxyl groups excluding tert-OH is 1. The fourth-order valence-corrected chi connectivity index (χ4v) is 4.44. The Kier molecular flexibility index (Phi) is 4.43. The Balaban J connectivity index is 1.67. The predicted molar refractivity (Wildman–Crippen MR) is 81.3 cm³/mol. The lowest BCUT2D eigenvalue weighted by Gasteiger charge is -2.37. The van der Waals surface area contributed by atoms with Gasteiger partial charge in [0.15, 0.2) is 0 Å². The molecule has 1 N–H and O–H groups in total. The van der Waals surface area contributed by atoms with Crippen molar-refractivity contribution in [2.24, 2.45) is 0 Å². The Labute approximate surface area is 128 Å². The Morgan fingerprint density at radius 2 is 2.38 bits per heavy atom. The van der Waals surface area contributed by atoms with Crippen LogP contribution in [0.15, 0.2) is 18.2 Å². The molecule has 3 nitrogen and oxygen atoms in total. The molecule has 0 aromatic heterocycles. The minimum Gasteiger partial charge on any atom is -0.490 e. The number of thioether (sulfide) groups is 1. The van der Waals surface area contributed by atoms with Crippen molar-refractivity contribution in [1.82, 2.24) is 0 Å². The van der Waals surface area contributed by atoms with Crippen molar-refractivity contribution in [3.05, 3.63) is 29.6 Å². The molecule has 116 valence electrons. The summed E-state index contributed by atoms with van der Waals surface area (Å²) in [6.07, 6.45) is 2.06. The van der Waals surface area contributed by atoms with Crippen molar-refractivity contribution in [2.75, 3.05) is 18.1 Å². The summed E-state index contributed by atoms with van der Waals surface area (Å²) >= 11 is 1.93. The van der Waals surface area contributed by atoms with E-state index in [0.29, 0.717) is 17.9 Å². The normalized spacial score (nSPS) is 30.5. The highest BCUT2D eigenvalue weighted by Crippen LogP contribution is 2.39. The van der Waals surface area contributed by atoms with Crippen molar-refractivity contribution < 1.29 is 19.0 Å². The molecule has 3 unspecified atom stereocenters. The fourth-order valence-electron chi connectivity index (χ4n) is 3.06. The van der Waals surface area contributed by atoms with Crippen LogP contribution < -0.4 is 4.74 Å². The third-order valence-corrected chi connectivity index (χ3v) is 5.46. The molecule has 2 aliphatic heterocycles. The molecular weight excluding hydrogens is 291 g/mol. The second-order valence-corrected chi connectivity index (χ2v) is 7.03. The van der Waals surface area contributed by atoms with Gasteiger partial charge < -0.3 is 14.6 Å². The molecule has 0 amide bonds. The smallest absolute Gasteiger partial charge is 0.132 e. The van der Waals surface area contributed by atoms with Crippen molar-refractivity contribution in [2.45, 2.75) is 44.0 Å². The van der Waals surface area contributed by atoms with Crippen LogP contribution >= 0.6 is 11.8 Å². The largest absolute Gasteiger partial charge is 0.490 e. The summed E-state index contributed by atoms with van der Waals surface area (Å²) < 4.78 is 25.8.